The number of aromatic nitrogens is 5. The number of nitrogens with zero attached hydrogens (tertiary/aromatic N) is 3. The molecule has 3 N–H and O–H groups in total. The Balaban J connectivity index is 1.59. The first kappa shape index (κ1) is 14.1. The number of hydrogen-bond acceptors (Lipinski definition) is 4. The third-order valence-corrected chi connectivity index (χ3v) is 3.82. The van der Waals surface area contributed by atoms with Gasteiger partial charge in [0.05, 0.1) is 0 Å². The Morgan fingerprint density at radius 2 is 2.04 bits per heavy atom. The zero-order valence-electron chi connectivity index (χ0n) is 12.7. The van der Waals surface area contributed by atoms with Crippen LogP contribution in [0.3, 0.4) is 0 Å². The van der Waals surface area contributed by atoms with Gasteiger partial charge in [-0.05, 0) is 35.9 Å². The van der Waals surface area contributed by atoms with E-state index in [1.165, 1.54) is 0 Å². The quantitative estimate of drug-likeness (QED) is 0.538. The molecule has 0 saturated carbocycles. The normalized spacial score (nSPS) is 10.8. The molecule has 0 fully saturated rings. The van der Waals surface area contributed by atoms with Crippen LogP contribution in [-0.4, -0.2) is 31.5 Å². The van der Waals surface area contributed by atoms with E-state index < -0.39 is 0 Å². The zero-order valence-corrected chi connectivity index (χ0v) is 12.7. The van der Waals surface area contributed by atoms with Crippen molar-refractivity contribution in [3.63, 3.8) is 0 Å². The SMILES string of the molecule is O=C(Nc1ccccc1Cc1nn[nH]n1)c1ccc2[nH]ccc2c1. The third kappa shape index (κ3) is 2.74. The highest BCUT2D eigenvalue weighted by Crippen LogP contribution is 2.20. The van der Waals surface area contributed by atoms with Crippen molar-refractivity contribution in [1.82, 2.24) is 25.6 Å². The summed E-state index contributed by atoms with van der Waals surface area (Å²) in [6, 6.07) is 15.1. The number of aromatic amines is 2. The minimum Gasteiger partial charge on any atom is -0.361 e. The maximum atomic E-state index is 12.6. The first-order chi connectivity index (χ1) is 11.8. The van der Waals surface area contributed by atoms with E-state index in [0.717, 1.165) is 22.2 Å². The molecule has 2 heterocycles. The number of rotatable bonds is 4. The van der Waals surface area contributed by atoms with Crippen molar-refractivity contribution >= 4 is 22.5 Å². The van der Waals surface area contributed by atoms with Gasteiger partial charge in [0.1, 0.15) is 0 Å². The molecule has 0 aliphatic rings. The van der Waals surface area contributed by atoms with Gasteiger partial charge in [-0.25, -0.2) is 0 Å². The van der Waals surface area contributed by atoms with Gasteiger partial charge in [0, 0.05) is 34.8 Å². The van der Waals surface area contributed by atoms with Gasteiger partial charge in [-0.2, -0.15) is 5.21 Å². The highest BCUT2D eigenvalue weighted by molar-refractivity contribution is 6.06. The van der Waals surface area contributed by atoms with Crippen molar-refractivity contribution in [2.75, 3.05) is 5.32 Å². The number of carbonyl (C=O) groups excluding carboxylic acids is 1. The van der Waals surface area contributed by atoms with Crippen LogP contribution in [0.1, 0.15) is 21.7 Å². The number of tetrazole rings is 1. The minimum atomic E-state index is -0.154. The van der Waals surface area contributed by atoms with Gasteiger partial charge in [-0.15, -0.1) is 10.2 Å². The molecule has 0 bridgehead atoms. The molecule has 7 heteroatoms. The topological polar surface area (TPSA) is 99.3 Å². The molecule has 0 aliphatic heterocycles. The number of H-pyrrole nitrogens is 2. The molecule has 1 amide bonds. The van der Waals surface area contributed by atoms with E-state index in [1.54, 1.807) is 6.07 Å². The van der Waals surface area contributed by atoms with Gasteiger partial charge in [-0.3, -0.25) is 4.79 Å². The van der Waals surface area contributed by atoms with E-state index in [-0.39, 0.29) is 5.91 Å². The Bertz CT molecular complexity index is 989. The maximum absolute atomic E-state index is 12.6. The Labute approximate surface area is 137 Å². The molecular weight excluding hydrogens is 304 g/mol. The van der Waals surface area contributed by atoms with Crippen LogP contribution in [0.4, 0.5) is 5.69 Å². The van der Waals surface area contributed by atoms with Gasteiger partial charge in [-0.1, -0.05) is 23.4 Å². The Hall–Kier alpha value is -3.48. The number of nitrogens with one attached hydrogen (secondary N) is 3. The van der Waals surface area contributed by atoms with Crippen molar-refractivity contribution < 1.29 is 4.79 Å². The molecule has 2 aromatic carbocycles. The number of anilines is 1. The minimum absolute atomic E-state index is 0.154. The fraction of sp³-hybridized carbons (Fsp3) is 0.0588. The van der Waals surface area contributed by atoms with Gasteiger partial charge < -0.3 is 10.3 Å². The summed E-state index contributed by atoms with van der Waals surface area (Å²) >= 11 is 0. The lowest BCUT2D eigenvalue weighted by Crippen LogP contribution is -2.13. The fourth-order valence-corrected chi connectivity index (χ4v) is 2.61. The molecule has 0 unspecified atom stereocenters. The van der Waals surface area contributed by atoms with Crippen molar-refractivity contribution in [3.8, 4) is 0 Å². The van der Waals surface area contributed by atoms with Crippen LogP contribution in [0.2, 0.25) is 0 Å². The largest absolute Gasteiger partial charge is 0.361 e. The number of amides is 1. The third-order valence-electron chi connectivity index (χ3n) is 3.82. The number of fused-ring (bicyclic) bond motifs is 1. The van der Waals surface area contributed by atoms with Crippen LogP contribution >= 0.6 is 0 Å². The van der Waals surface area contributed by atoms with E-state index in [0.29, 0.717) is 17.8 Å². The van der Waals surface area contributed by atoms with E-state index in [4.69, 9.17) is 0 Å². The summed E-state index contributed by atoms with van der Waals surface area (Å²) in [6.07, 6.45) is 2.34. The van der Waals surface area contributed by atoms with Crippen LogP contribution in [0.5, 0.6) is 0 Å². The fourth-order valence-electron chi connectivity index (χ4n) is 2.61. The van der Waals surface area contributed by atoms with E-state index in [9.17, 15) is 4.79 Å². The Kier molecular flexibility index (Phi) is 3.51. The van der Waals surface area contributed by atoms with E-state index in [2.05, 4.69) is 30.9 Å². The lowest BCUT2D eigenvalue weighted by atomic mass is 10.1. The number of hydrogen-bond donors (Lipinski definition) is 3. The van der Waals surface area contributed by atoms with E-state index >= 15 is 0 Å². The molecule has 0 spiro atoms. The predicted octanol–water partition coefficient (Wildman–Crippen LogP) is 2.52. The summed E-state index contributed by atoms with van der Waals surface area (Å²) in [5.41, 5.74) is 3.27. The standard InChI is InChI=1S/C17H14N6O/c24-17(13-5-6-14-12(9-13)7-8-18-14)19-15-4-2-1-3-11(15)10-16-20-22-23-21-16/h1-9,18H,10H2,(H,19,24)(H,20,21,22,23). The molecule has 0 atom stereocenters. The summed E-state index contributed by atoms with van der Waals surface area (Å²) < 4.78 is 0. The molecule has 0 aliphatic carbocycles. The maximum Gasteiger partial charge on any atom is 0.255 e. The molecule has 2 aromatic heterocycles. The van der Waals surface area contributed by atoms with Gasteiger partial charge in [0.25, 0.3) is 5.91 Å². The van der Waals surface area contributed by atoms with Gasteiger partial charge in [0.15, 0.2) is 5.82 Å². The van der Waals surface area contributed by atoms with Crippen molar-refractivity contribution in [2.24, 2.45) is 0 Å². The van der Waals surface area contributed by atoms with Crippen molar-refractivity contribution in [1.29, 1.82) is 0 Å². The molecular formula is C17H14N6O. The van der Waals surface area contributed by atoms with Gasteiger partial charge >= 0.3 is 0 Å². The van der Waals surface area contributed by atoms with Crippen LogP contribution in [0.15, 0.2) is 54.7 Å². The molecule has 0 saturated heterocycles. The second kappa shape index (κ2) is 5.96. The summed E-state index contributed by atoms with van der Waals surface area (Å²) in [4.78, 5) is 15.7. The highest BCUT2D eigenvalue weighted by atomic mass is 16.1. The molecule has 24 heavy (non-hydrogen) atoms. The second-order valence-corrected chi connectivity index (χ2v) is 5.40. The van der Waals surface area contributed by atoms with Crippen LogP contribution in [-0.2, 0) is 6.42 Å². The van der Waals surface area contributed by atoms with E-state index in [1.807, 2.05) is 48.7 Å². The average molecular weight is 318 g/mol. The van der Waals surface area contributed by atoms with Crippen LogP contribution < -0.4 is 5.32 Å². The second-order valence-electron chi connectivity index (χ2n) is 5.40. The number of carbonyl (C=O) groups is 1. The average Bonchev–Trinajstić information content (AvgIpc) is 3.27. The first-order valence-electron chi connectivity index (χ1n) is 7.48. The number of benzene rings is 2. The molecule has 118 valence electrons. The van der Waals surface area contributed by atoms with Crippen LogP contribution in [0, 0.1) is 0 Å². The predicted molar refractivity (Wildman–Crippen MR) is 89.7 cm³/mol. The summed E-state index contributed by atoms with van der Waals surface area (Å²) in [5, 5.41) is 17.9. The Morgan fingerprint density at radius 3 is 2.92 bits per heavy atom. The lowest BCUT2D eigenvalue weighted by molar-refractivity contribution is 0.102. The molecule has 0 radical (unpaired) electrons. The smallest absolute Gasteiger partial charge is 0.255 e. The first-order valence-corrected chi connectivity index (χ1v) is 7.48. The molecule has 4 aromatic rings. The van der Waals surface area contributed by atoms with Crippen molar-refractivity contribution in [2.45, 2.75) is 6.42 Å². The Morgan fingerprint density at radius 1 is 1.12 bits per heavy atom. The highest BCUT2D eigenvalue weighted by Gasteiger charge is 2.11. The zero-order chi connectivity index (χ0) is 16.4. The summed E-state index contributed by atoms with van der Waals surface area (Å²) in [7, 11) is 0. The van der Waals surface area contributed by atoms with Crippen LogP contribution in [0.25, 0.3) is 10.9 Å². The summed E-state index contributed by atoms with van der Waals surface area (Å²) in [6.45, 7) is 0. The number of para-hydroxylation sites is 1. The molecule has 4 rings (SSSR count). The monoisotopic (exact) mass is 318 g/mol. The lowest BCUT2D eigenvalue weighted by Gasteiger charge is -2.10. The molecule has 7 nitrogen and oxygen atoms in total. The summed E-state index contributed by atoms with van der Waals surface area (Å²) in [5.74, 6) is 0.420. The van der Waals surface area contributed by atoms with Crippen molar-refractivity contribution in [3.05, 3.63) is 71.7 Å². The van der Waals surface area contributed by atoms with Gasteiger partial charge in [0.2, 0.25) is 0 Å².